The fourth-order valence-electron chi connectivity index (χ4n) is 2.35. The summed E-state index contributed by atoms with van der Waals surface area (Å²) in [6.07, 6.45) is 0. The summed E-state index contributed by atoms with van der Waals surface area (Å²) >= 11 is 1.70. The van der Waals surface area contributed by atoms with Crippen LogP contribution in [0, 0.1) is 0 Å². The number of benzene rings is 1. The Morgan fingerprint density at radius 2 is 1.78 bits per heavy atom. The molecule has 0 unspecified atom stereocenters. The third-order valence-corrected chi connectivity index (χ3v) is 4.64. The monoisotopic (exact) mass is 333 g/mol. The molecule has 2 rings (SSSR count). The van der Waals surface area contributed by atoms with E-state index < -0.39 is 0 Å². The molecule has 0 aliphatic rings. The topological polar surface area (TPSA) is 39.9 Å². The first-order valence-corrected chi connectivity index (χ1v) is 9.20. The van der Waals surface area contributed by atoms with Gasteiger partial charge in [0.25, 0.3) is 0 Å². The largest absolute Gasteiger partial charge is 0.381 e. The van der Waals surface area contributed by atoms with Crippen LogP contribution in [0.3, 0.4) is 0 Å². The van der Waals surface area contributed by atoms with E-state index in [0.717, 1.165) is 42.1 Å². The fraction of sp³-hybridized carbons (Fsp3) is 0.556. The van der Waals surface area contributed by atoms with Crippen LogP contribution in [0.25, 0.3) is 11.4 Å². The third kappa shape index (κ3) is 4.58. The van der Waals surface area contributed by atoms with Gasteiger partial charge in [-0.15, -0.1) is 10.2 Å². The minimum Gasteiger partial charge on any atom is -0.381 e. The predicted octanol–water partition coefficient (Wildman–Crippen LogP) is 4.39. The molecule has 1 aromatic heterocycles. The average Bonchev–Trinajstić information content (AvgIpc) is 2.93. The van der Waals surface area contributed by atoms with Crippen LogP contribution in [0.5, 0.6) is 0 Å². The number of ether oxygens (including phenoxy) is 1. The zero-order valence-corrected chi connectivity index (χ0v) is 15.6. The maximum atomic E-state index is 5.39. The van der Waals surface area contributed by atoms with Crippen molar-refractivity contribution in [3.63, 3.8) is 0 Å². The summed E-state index contributed by atoms with van der Waals surface area (Å²) in [5.74, 6) is 1.83. The van der Waals surface area contributed by atoms with Gasteiger partial charge in [-0.25, -0.2) is 0 Å². The van der Waals surface area contributed by atoms with Crippen molar-refractivity contribution in [3.8, 4) is 11.4 Å². The average molecular weight is 334 g/mol. The molecule has 0 atom stereocenters. The summed E-state index contributed by atoms with van der Waals surface area (Å²) in [6.45, 7) is 13.2. The van der Waals surface area contributed by atoms with E-state index in [1.54, 1.807) is 11.8 Å². The molecule has 23 heavy (non-hydrogen) atoms. The van der Waals surface area contributed by atoms with Gasteiger partial charge in [0, 0.05) is 24.5 Å². The molecule has 0 N–H and O–H groups in total. The Labute approximate surface area is 143 Å². The van der Waals surface area contributed by atoms with Gasteiger partial charge in [-0.1, -0.05) is 56.8 Å². The molecule has 0 saturated carbocycles. The predicted molar refractivity (Wildman–Crippen MR) is 97.0 cm³/mol. The summed E-state index contributed by atoms with van der Waals surface area (Å²) in [4.78, 5) is 0. The SMILES string of the molecule is CCOCCSc1nnc(-c2ccc(C(C)(C)C)cc2)n1CC. The van der Waals surface area contributed by atoms with Gasteiger partial charge in [-0.3, -0.25) is 0 Å². The molecule has 1 heterocycles. The van der Waals surface area contributed by atoms with Crippen molar-refractivity contribution in [2.24, 2.45) is 0 Å². The Balaban J connectivity index is 2.18. The summed E-state index contributed by atoms with van der Waals surface area (Å²) in [7, 11) is 0. The molecule has 0 radical (unpaired) electrons. The molecule has 0 bridgehead atoms. The Morgan fingerprint density at radius 3 is 2.35 bits per heavy atom. The second-order valence-corrected chi connectivity index (χ2v) is 7.49. The minimum absolute atomic E-state index is 0.164. The fourth-order valence-corrected chi connectivity index (χ4v) is 3.20. The first-order valence-electron chi connectivity index (χ1n) is 8.22. The molecule has 0 spiro atoms. The van der Waals surface area contributed by atoms with Gasteiger partial charge in [-0.05, 0) is 24.8 Å². The lowest BCUT2D eigenvalue weighted by molar-refractivity contribution is 0.164. The third-order valence-electron chi connectivity index (χ3n) is 3.71. The standard InChI is InChI=1S/C18H27N3OS/c1-6-21-16(19-20-17(21)23-13-12-22-7-2)14-8-10-15(11-9-14)18(3,4)5/h8-11H,6-7,12-13H2,1-5H3. The molecular formula is C18H27N3OS. The molecule has 4 nitrogen and oxygen atoms in total. The van der Waals surface area contributed by atoms with E-state index in [4.69, 9.17) is 4.74 Å². The lowest BCUT2D eigenvalue weighted by Crippen LogP contribution is -2.10. The van der Waals surface area contributed by atoms with Crippen molar-refractivity contribution in [3.05, 3.63) is 29.8 Å². The van der Waals surface area contributed by atoms with Crippen LogP contribution in [0.2, 0.25) is 0 Å². The number of aromatic nitrogens is 3. The minimum atomic E-state index is 0.164. The lowest BCUT2D eigenvalue weighted by atomic mass is 9.87. The van der Waals surface area contributed by atoms with Crippen LogP contribution < -0.4 is 0 Å². The second-order valence-electron chi connectivity index (χ2n) is 6.42. The maximum absolute atomic E-state index is 5.39. The van der Waals surface area contributed by atoms with Crippen LogP contribution >= 0.6 is 11.8 Å². The van der Waals surface area contributed by atoms with Gasteiger partial charge < -0.3 is 9.30 Å². The first-order chi connectivity index (χ1) is 11.0. The summed E-state index contributed by atoms with van der Waals surface area (Å²) in [5, 5.41) is 9.71. The van der Waals surface area contributed by atoms with Gasteiger partial charge >= 0.3 is 0 Å². The van der Waals surface area contributed by atoms with Crippen molar-refractivity contribution in [2.45, 2.75) is 51.7 Å². The Hall–Kier alpha value is -1.33. The molecule has 126 valence electrons. The maximum Gasteiger partial charge on any atom is 0.191 e. The zero-order valence-electron chi connectivity index (χ0n) is 14.8. The van der Waals surface area contributed by atoms with Crippen molar-refractivity contribution in [2.75, 3.05) is 19.0 Å². The molecule has 0 fully saturated rings. The van der Waals surface area contributed by atoms with E-state index in [1.165, 1.54) is 5.56 Å². The van der Waals surface area contributed by atoms with E-state index in [2.05, 4.69) is 66.7 Å². The van der Waals surface area contributed by atoms with Crippen molar-refractivity contribution in [1.29, 1.82) is 0 Å². The molecule has 0 saturated heterocycles. The number of hydrogen-bond acceptors (Lipinski definition) is 4. The molecule has 0 amide bonds. The Morgan fingerprint density at radius 1 is 1.09 bits per heavy atom. The molecule has 5 heteroatoms. The molecule has 0 aliphatic heterocycles. The van der Waals surface area contributed by atoms with Crippen molar-refractivity contribution in [1.82, 2.24) is 14.8 Å². The van der Waals surface area contributed by atoms with Gasteiger partial charge in [0.15, 0.2) is 11.0 Å². The zero-order chi connectivity index (χ0) is 16.9. The van der Waals surface area contributed by atoms with Gasteiger partial charge in [0.05, 0.1) is 6.61 Å². The van der Waals surface area contributed by atoms with Crippen molar-refractivity contribution >= 4 is 11.8 Å². The Bertz CT molecular complexity index is 614. The van der Waals surface area contributed by atoms with E-state index in [1.807, 2.05) is 6.92 Å². The summed E-state index contributed by atoms with van der Waals surface area (Å²) in [5.41, 5.74) is 2.61. The normalized spacial score (nSPS) is 11.9. The molecule has 1 aromatic carbocycles. The van der Waals surface area contributed by atoms with Crippen LogP contribution in [-0.4, -0.2) is 33.7 Å². The van der Waals surface area contributed by atoms with Gasteiger partial charge in [0.2, 0.25) is 0 Å². The van der Waals surface area contributed by atoms with E-state index in [0.29, 0.717) is 0 Å². The van der Waals surface area contributed by atoms with Gasteiger partial charge in [-0.2, -0.15) is 0 Å². The van der Waals surface area contributed by atoms with Crippen LogP contribution in [0.1, 0.15) is 40.2 Å². The van der Waals surface area contributed by atoms with Crippen LogP contribution in [0.4, 0.5) is 0 Å². The highest BCUT2D eigenvalue weighted by atomic mass is 32.2. The van der Waals surface area contributed by atoms with Crippen molar-refractivity contribution < 1.29 is 4.74 Å². The summed E-state index contributed by atoms with van der Waals surface area (Å²) in [6, 6.07) is 8.66. The molecular weight excluding hydrogens is 306 g/mol. The quantitative estimate of drug-likeness (QED) is 0.556. The van der Waals surface area contributed by atoms with E-state index in [9.17, 15) is 0 Å². The van der Waals surface area contributed by atoms with Crippen LogP contribution in [0.15, 0.2) is 29.4 Å². The molecule has 0 aliphatic carbocycles. The highest BCUT2D eigenvalue weighted by Crippen LogP contribution is 2.27. The summed E-state index contributed by atoms with van der Waals surface area (Å²) < 4.78 is 7.56. The number of nitrogens with zero attached hydrogens (tertiary/aromatic N) is 3. The van der Waals surface area contributed by atoms with E-state index >= 15 is 0 Å². The van der Waals surface area contributed by atoms with E-state index in [-0.39, 0.29) is 5.41 Å². The van der Waals surface area contributed by atoms with Gasteiger partial charge in [0.1, 0.15) is 0 Å². The number of rotatable bonds is 7. The molecule has 2 aromatic rings. The smallest absolute Gasteiger partial charge is 0.191 e. The van der Waals surface area contributed by atoms with Crippen LogP contribution in [-0.2, 0) is 16.7 Å². The first kappa shape index (κ1) is 18.0. The second kappa shape index (κ2) is 7.97. The number of thioether (sulfide) groups is 1. The lowest BCUT2D eigenvalue weighted by Gasteiger charge is -2.19. The highest BCUT2D eigenvalue weighted by molar-refractivity contribution is 7.99. The Kier molecular flexibility index (Phi) is 6.25. The number of hydrogen-bond donors (Lipinski definition) is 0. The highest BCUT2D eigenvalue weighted by Gasteiger charge is 2.16.